The second kappa shape index (κ2) is 17.5. The molecular weight excluding hydrogens is 781 g/mol. The molecule has 0 saturated carbocycles. The van der Waals surface area contributed by atoms with E-state index in [1.54, 1.807) is 0 Å². The van der Waals surface area contributed by atoms with Gasteiger partial charge in [-0.2, -0.15) is 0 Å². The van der Waals surface area contributed by atoms with Crippen molar-refractivity contribution in [2.45, 2.75) is 61.7 Å². The number of nitrogens with two attached hydrogens (primary N) is 2. The first-order chi connectivity index (χ1) is 24.7. The molecule has 7 atom stereocenters. The Labute approximate surface area is 344 Å². The maximum atomic E-state index is 13.5. The van der Waals surface area contributed by atoms with E-state index in [0.717, 1.165) is 41.3 Å². The number of likely N-dealkylation sites (N-methyl/N-ethyl adjacent to an activating group) is 1. The molecule has 4 aliphatic heterocycles. The van der Waals surface area contributed by atoms with Gasteiger partial charge in [-0.25, -0.2) is 4.98 Å². The van der Waals surface area contributed by atoms with E-state index in [0.29, 0.717) is 29.4 Å². The van der Waals surface area contributed by atoms with Crippen LogP contribution in [0, 0.1) is 11.1 Å². The molecule has 0 aliphatic carbocycles. The molecule has 2 aromatic heterocycles. The summed E-state index contributed by atoms with van der Waals surface area (Å²) in [7, 11) is 2.04. The summed E-state index contributed by atoms with van der Waals surface area (Å²) in [5.74, 6) is -6.23. The number of piperidine rings is 1. The number of fused-ring (bicyclic) bond motifs is 3. The number of H-pyrrole nitrogens is 1. The molecule has 2 amide bonds. The fourth-order valence-electron chi connectivity index (χ4n) is 7.64. The zero-order valence-corrected chi connectivity index (χ0v) is 32.6. The molecule has 4 aliphatic rings. The van der Waals surface area contributed by atoms with Gasteiger partial charge in [0.25, 0.3) is 5.91 Å². The van der Waals surface area contributed by atoms with E-state index in [-0.39, 0.29) is 94.8 Å². The number of amides is 2. The number of aromatic amines is 1. The third-order valence-corrected chi connectivity index (χ3v) is 12.3. The van der Waals surface area contributed by atoms with Crippen LogP contribution < -0.4 is 32.2 Å². The summed E-state index contributed by atoms with van der Waals surface area (Å²) >= 11 is 2.30. The number of ketones is 1. The molecular formula is C31H36CaN8O12S2. The van der Waals surface area contributed by atoms with Gasteiger partial charge in [0.15, 0.2) is 22.4 Å². The van der Waals surface area contributed by atoms with Gasteiger partial charge in [0.05, 0.1) is 48.1 Å². The van der Waals surface area contributed by atoms with Crippen molar-refractivity contribution >= 4 is 101 Å². The number of carboxylic acid groups (broad SMARTS) is 2. The van der Waals surface area contributed by atoms with Crippen LogP contribution in [0.2, 0.25) is 0 Å². The molecule has 0 spiro atoms. The number of carbonyl (C=O) groups is 5. The van der Waals surface area contributed by atoms with Crippen molar-refractivity contribution in [1.29, 1.82) is 0 Å². The third kappa shape index (κ3) is 8.45. The van der Waals surface area contributed by atoms with Crippen LogP contribution in [0.4, 0.5) is 5.13 Å². The van der Waals surface area contributed by atoms with Crippen molar-refractivity contribution in [2.24, 2.45) is 11.1 Å². The minimum Gasteiger partial charge on any atom is -0.870 e. The normalized spacial score (nSPS) is 26.4. The van der Waals surface area contributed by atoms with E-state index in [2.05, 4.69) is 20.4 Å². The van der Waals surface area contributed by atoms with E-state index in [9.17, 15) is 49.3 Å². The summed E-state index contributed by atoms with van der Waals surface area (Å²) in [5.41, 5.74) is 5.21. The van der Waals surface area contributed by atoms with Gasteiger partial charge >= 0.3 is 37.7 Å². The Balaban J connectivity index is 0.00000325. The van der Waals surface area contributed by atoms with Crippen molar-refractivity contribution in [3.63, 3.8) is 0 Å². The van der Waals surface area contributed by atoms with Gasteiger partial charge in [0, 0.05) is 67.1 Å². The number of thioether (sulfide) groups is 1. The minimum atomic E-state index is -1.78. The minimum absolute atomic E-state index is 0. The predicted molar refractivity (Wildman–Crippen MR) is 186 cm³/mol. The van der Waals surface area contributed by atoms with Crippen LogP contribution in [0.3, 0.4) is 0 Å². The van der Waals surface area contributed by atoms with Gasteiger partial charge < -0.3 is 66.4 Å². The van der Waals surface area contributed by atoms with Gasteiger partial charge in [-0.3, -0.25) is 24.1 Å². The number of Topliss-reactive ketones (excluding diaryl/α,β-unsaturated/α-hetero) is 1. The van der Waals surface area contributed by atoms with E-state index in [1.165, 1.54) is 17.1 Å². The summed E-state index contributed by atoms with van der Waals surface area (Å²) < 4.78 is 0.511. The number of carboxylic acids is 2. The van der Waals surface area contributed by atoms with Crippen molar-refractivity contribution in [2.75, 3.05) is 31.6 Å². The van der Waals surface area contributed by atoms with Crippen LogP contribution >= 0.6 is 23.1 Å². The number of rotatable bonds is 14. The summed E-state index contributed by atoms with van der Waals surface area (Å²) in [6.45, 7) is -0.264. The number of nitrogens with one attached hydrogen (secondary N) is 2. The number of hydroxylamine groups is 1. The number of thiazole rings is 1. The number of nitrogen functional groups attached to an aromatic ring is 1. The monoisotopic (exact) mass is 816 g/mol. The standard InChI is InChI=1S/C31H36N8O11S2.Ca.H2O/c1-39(15-2-3-16(39)5-14(4-15)35-26(43)18-7-20(40)22(42)8-33-18)10-13-11-51-28-17(27(44)38(28)25(13)30(47)48)6-21(41)24(19-12-52-31(32)36-19)37-50-23(9-34-49)29(45)46;;/h7-8,12,14-17,23,28H,2-6,9-11,34H2,1H3,(H6-,32,33,35,36,37,40,41,42,43,45,46,47,48);;1H2/q;+2;/p-2/t14?,15-,16+,17-,23+,28-,39?;;/m1../s1. The number of hydrogen-bond donors (Lipinski definition) is 5. The fourth-order valence-corrected chi connectivity index (χ4v) is 9.59. The third-order valence-electron chi connectivity index (χ3n) is 10.2. The van der Waals surface area contributed by atoms with Crippen LogP contribution in [0.15, 0.2) is 38.9 Å². The molecule has 6 heterocycles. The molecule has 20 nitrogen and oxygen atoms in total. The Kier molecular flexibility index (Phi) is 13.9. The fraction of sp³-hybridized carbons (Fsp3) is 0.484. The van der Waals surface area contributed by atoms with Crippen LogP contribution in [-0.2, 0) is 24.0 Å². The average Bonchev–Trinajstić information content (AvgIpc) is 3.56. The molecule has 0 radical (unpaired) electrons. The van der Waals surface area contributed by atoms with Crippen LogP contribution in [-0.4, -0.2) is 158 Å². The number of nitrogens with zero attached hydrogens (tertiary/aromatic N) is 4. The van der Waals surface area contributed by atoms with Crippen LogP contribution in [0.1, 0.15) is 48.3 Å². The van der Waals surface area contributed by atoms with Crippen molar-refractivity contribution < 1.29 is 59.6 Å². The molecule has 2 unspecified atom stereocenters. The number of carbonyl (C=O) groups excluding carboxylic acids is 5. The Hall–Kier alpha value is -3.61. The van der Waals surface area contributed by atoms with Gasteiger partial charge in [0.2, 0.25) is 17.4 Å². The molecule has 3 fully saturated rings. The molecule has 286 valence electrons. The van der Waals surface area contributed by atoms with Crippen LogP contribution in [0.5, 0.6) is 5.75 Å². The van der Waals surface area contributed by atoms with Gasteiger partial charge in [-0.1, -0.05) is 5.16 Å². The molecule has 8 N–H and O–H groups in total. The number of aromatic nitrogens is 2. The number of pyridine rings is 1. The Morgan fingerprint density at radius 2 is 1.93 bits per heavy atom. The maximum absolute atomic E-state index is 13.5. The Morgan fingerprint density at radius 1 is 1.24 bits per heavy atom. The van der Waals surface area contributed by atoms with Crippen molar-refractivity contribution in [1.82, 2.24) is 20.2 Å². The first-order valence-electron chi connectivity index (χ1n) is 16.3. The summed E-state index contributed by atoms with van der Waals surface area (Å²) in [5, 5.41) is 51.7. The van der Waals surface area contributed by atoms with E-state index < -0.39 is 76.8 Å². The number of aromatic hydroxyl groups is 1. The number of hydrogen-bond acceptors (Lipinski definition) is 17. The van der Waals surface area contributed by atoms with Crippen molar-refractivity contribution in [3.8, 4) is 5.75 Å². The van der Waals surface area contributed by atoms with E-state index in [4.69, 9.17) is 10.6 Å². The number of β-lactam (4-membered cyclic amide) rings is 1. The second-order valence-corrected chi connectivity index (χ2v) is 15.3. The molecule has 23 heteroatoms. The molecule has 0 aromatic carbocycles. The van der Waals surface area contributed by atoms with E-state index in [1.807, 2.05) is 7.05 Å². The van der Waals surface area contributed by atoms with Gasteiger partial charge in [-0.05, 0) is 0 Å². The maximum Gasteiger partial charge on any atom is 2.00 e. The Bertz CT molecular complexity index is 1920. The molecule has 2 bridgehead atoms. The van der Waals surface area contributed by atoms with Crippen molar-refractivity contribution in [3.05, 3.63) is 55.7 Å². The first-order valence-corrected chi connectivity index (χ1v) is 18.2. The zero-order chi connectivity index (χ0) is 37.5. The molecule has 2 aromatic rings. The summed E-state index contributed by atoms with van der Waals surface area (Å²) in [6, 6.07) is 0.981. The number of aliphatic carboxylic acids is 2. The van der Waals surface area contributed by atoms with E-state index >= 15 is 0 Å². The molecule has 54 heavy (non-hydrogen) atoms. The Morgan fingerprint density at radius 3 is 2.50 bits per heavy atom. The summed E-state index contributed by atoms with van der Waals surface area (Å²) in [6.07, 6.45) is 1.76. The average molecular weight is 817 g/mol. The second-order valence-electron chi connectivity index (χ2n) is 13.3. The quantitative estimate of drug-likeness (QED) is 0.0395. The topological polar surface area (TPSA) is 330 Å². The molecule has 3 saturated heterocycles. The smallest absolute Gasteiger partial charge is 0.870 e. The van der Waals surface area contributed by atoms with Crippen LogP contribution in [0.25, 0.3) is 0 Å². The number of oxime groups is 1. The first kappa shape index (κ1) is 43.1. The number of quaternary nitrogens is 2. The number of anilines is 1. The predicted octanol–water partition coefficient (Wildman–Crippen LogP) is -4.47. The SMILES string of the molecule is C[N+]1(CC2=C(C(=O)[O-])N3C(=O)[C@@H](CC(=O)/C(=N\O[C@@H](C[NH2+][O-])C(=O)[O-])c4csc(N)n4)[C@H]3SC2)[C@@H]2CC[C@H]1CC(NC(=O)c1cc(=O)c(O)c[nH]1)C2.[Ca+2].[OH-]. The van der Waals surface area contributed by atoms with Gasteiger partial charge in [0.1, 0.15) is 24.5 Å². The zero-order valence-electron chi connectivity index (χ0n) is 28.8. The summed E-state index contributed by atoms with van der Waals surface area (Å²) in [4.78, 5) is 88.3. The van der Waals surface area contributed by atoms with Gasteiger partial charge in [-0.15, -0.1) is 23.1 Å². The molecule has 6 rings (SSSR count). The largest absolute Gasteiger partial charge is 2.00 e.